The first-order chi connectivity index (χ1) is 9.70. The molecule has 2 aromatic rings. The first-order valence-electron chi connectivity index (χ1n) is 5.73. The van der Waals surface area contributed by atoms with Gasteiger partial charge in [-0.1, -0.05) is 41.4 Å². The maximum absolute atomic E-state index is 12.8. The molecule has 0 atom stereocenters. The van der Waals surface area contributed by atoms with Gasteiger partial charge in [-0.15, -0.1) is 0 Å². The molecule has 21 heavy (non-hydrogen) atoms. The molecule has 0 aliphatic rings. The van der Waals surface area contributed by atoms with Gasteiger partial charge in [0.05, 0.1) is 11.5 Å². The summed E-state index contributed by atoms with van der Waals surface area (Å²) in [6.07, 6.45) is -4.94. The number of aromatic nitrogens is 2. The first kappa shape index (κ1) is 15.3. The van der Waals surface area contributed by atoms with Gasteiger partial charge in [0, 0.05) is 0 Å². The van der Waals surface area contributed by atoms with Crippen molar-refractivity contribution >= 4 is 17.3 Å². The van der Waals surface area contributed by atoms with Gasteiger partial charge in [-0.05, 0) is 12.5 Å². The Kier molecular flexibility index (Phi) is 3.91. The fourth-order valence-corrected chi connectivity index (χ4v) is 2.01. The minimum absolute atomic E-state index is 0.0873. The monoisotopic (exact) mass is 319 g/mol. The molecular formula is C12H9ClF3N3O2. The Balaban J connectivity index is 2.45. The molecule has 0 N–H and O–H groups in total. The second-order valence-electron chi connectivity index (χ2n) is 4.39. The molecule has 1 aromatic heterocycles. The van der Waals surface area contributed by atoms with Crippen molar-refractivity contribution in [3.8, 4) is 0 Å². The molecule has 0 aliphatic heterocycles. The minimum Gasteiger partial charge on any atom is -0.258 e. The summed E-state index contributed by atoms with van der Waals surface area (Å²) in [7, 11) is 0. The van der Waals surface area contributed by atoms with Crippen LogP contribution in [0.4, 0.5) is 18.9 Å². The zero-order chi connectivity index (χ0) is 15.8. The van der Waals surface area contributed by atoms with Crippen LogP contribution in [0.15, 0.2) is 24.3 Å². The number of hydrogen-bond acceptors (Lipinski definition) is 3. The second kappa shape index (κ2) is 5.36. The summed E-state index contributed by atoms with van der Waals surface area (Å²) in [5, 5.41) is 13.4. The van der Waals surface area contributed by atoms with Gasteiger partial charge < -0.3 is 0 Å². The number of benzene rings is 1. The van der Waals surface area contributed by atoms with E-state index in [0.29, 0.717) is 5.56 Å². The summed E-state index contributed by atoms with van der Waals surface area (Å²) in [4.78, 5) is 9.59. The van der Waals surface area contributed by atoms with E-state index < -0.39 is 27.6 Å². The van der Waals surface area contributed by atoms with Gasteiger partial charge in [-0.2, -0.15) is 18.3 Å². The van der Waals surface area contributed by atoms with E-state index in [1.807, 2.05) is 6.92 Å². The molecule has 1 heterocycles. The van der Waals surface area contributed by atoms with Crippen LogP contribution in [0, 0.1) is 17.0 Å². The zero-order valence-corrected chi connectivity index (χ0v) is 11.4. The number of aryl methyl sites for hydroxylation is 1. The van der Waals surface area contributed by atoms with Crippen molar-refractivity contribution in [3.63, 3.8) is 0 Å². The minimum atomic E-state index is -4.94. The van der Waals surface area contributed by atoms with Crippen LogP contribution in [0.3, 0.4) is 0 Å². The summed E-state index contributed by atoms with van der Waals surface area (Å²) in [6.45, 7) is 1.77. The smallest absolute Gasteiger partial charge is 0.258 e. The van der Waals surface area contributed by atoms with E-state index in [1.165, 1.54) is 0 Å². The van der Waals surface area contributed by atoms with Crippen LogP contribution >= 0.6 is 11.6 Å². The van der Waals surface area contributed by atoms with Crippen molar-refractivity contribution < 1.29 is 18.1 Å². The Labute approximate surface area is 122 Å². The number of halogens is 4. The highest BCUT2D eigenvalue weighted by molar-refractivity contribution is 6.31. The normalized spacial score (nSPS) is 11.7. The highest BCUT2D eigenvalue weighted by atomic mass is 35.5. The molecule has 1 aromatic carbocycles. The molecule has 0 aliphatic carbocycles. The van der Waals surface area contributed by atoms with Gasteiger partial charge in [-0.3, -0.25) is 10.1 Å². The molecule has 2 rings (SSSR count). The Morgan fingerprint density at radius 1 is 1.33 bits per heavy atom. The summed E-state index contributed by atoms with van der Waals surface area (Å²) >= 11 is 5.67. The van der Waals surface area contributed by atoms with E-state index >= 15 is 0 Å². The molecule has 112 valence electrons. The Morgan fingerprint density at radius 2 is 1.90 bits per heavy atom. The number of alkyl halides is 3. The van der Waals surface area contributed by atoms with Gasteiger partial charge in [0.2, 0.25) is 10.8 Å². The molecule has 0 fully saturated rings. The quantitative estimate of drug-likeness (QED) is 0.638. The summed E-state index contributed by atoms with van der Waals surface area (Å²) < 4.78 is 39.0. The molecule has 0 saturated heterocycles. The Bertz CT molecular complexity index is 680. The lowest BCUT2D eigenvalue weighted by atomic mass is 10.1. The summed E-state index contributed by atoms with van der Waals surface area (Å²) in [6, 6.07) is 6.91. The molecule has 0 saturated carbocycles. The van der Waals surface area contributed by atoms with Crippen LogP contribution < -0.4 is 0 Å². The largest absolute Gasteiger partial charge is 0.442 e. The van der Waals surface area contributed by atoms with Crippen molar-refractivity contribution in [1.82, 2.24) is 9.78 Å². The van der Waals surface area contributed by atoms with E-state index in [4.69, 9.17) is 11.6 Å². The third kappa shape index (κ3) is 3.15. The molecular weight excluding hydrogens is 311 g/mol. The molecule has 9 heteroatoms. The number of nitrogens with zero attached hydrogens (tertiary/aromatic N) is 3. The molecule has 0 amide bonds. The third-order valence-corrected chi connectivity index (χ3v) is 3.15. The summed E-state index contributed by atoms with van der Waals surface area (Å²) in [5.74, 6) is 0. The highest BCUT2D eigenvalue weighted by Gasteiger charge is 2.44. The molecule has 0 unspecified atom stereocenters. The van der Waals surface area contributed by atoms with Crippen LogP contribution in [-0.4, -0.2) is 14.7 Å². The fourth-order valence-electron chi connectivity index (χ4n) is 1.76. The van der Waals surface area contributed by atoms with Gasteiger partial charge in [0.1, 0.15) is 0 Å². The van der Waals surface area contributed by atoms with Crippen molar-refractivity contribution in [3.05, 3.63) is 56.4 Å². The van der Waals surface area contributed by atoms with Crippen LogP contribution in [0.2, 0.25) is 5.15 Å². The first-order valence-corrected chi connectivity index (χ1v) is 6.11. The standard InChI is InChI=1S/C12H9ClF3N3O2/c1-7-2-4-8(5-3-7)6-18-11(13)9(19(20)21)10(17-18)12(14,15)16/h2-5H,6H2,1H3. The lowest BCUT2D eigenvalue weighted by Crippen LogP contribution is -2.10. The molecule has 0 spiro atoms. The highest BCUT2D eigenvalue weighted by Crippen LogP contribution is 2.39. The second-order valence-corrected chi connectivity index (χ2v) is 4.74. The van der Waals surface area contributed by atoms with Crippen LogP contribution in [0.5, 0.6) is 0 Å². The van der Waals surface area contributed by atoms with E-state index in [-0.39, 0.29) is 6.54 Å². The van der Waals surface area contributed by atoms with Gasteiger partial charge in [0.25, 0.3) is 0 Å². The van der Waals surface area contributed by atoms with E-state index in [0.717, 1.165) is 10.2 Å². The molecule has 0 bridgehead atoms. The molecule has 5 nitrogen and oxygen atoms in total. The van der Waals surface area contributed by atoms with Crippen molar-refractivity contribution in [2.45, 2.75) is 19.6 Å². The third-order valence-electron chi connectivity index (χ3n) is 2.77. The van der Waals surface area contributed by atoms with Gasteiger partial charge in [-0.25, -0.2) is 4.68 Å². The van der Waals surface area contributed by atoms with E-state index in [9.17, 15) is 23.3 Å². The van der Waals surface area contributed by atoms with E-state index in [2.05, 4.69) is 5.10 Å². The van der Waals surface area contributed by atoms with Crippen LogP contribution in [0.1, 0.15) is 16.8 Å². The van der Waals surface area contributed by atoms with Crippen LogP contribution in [-0.2, 0) is 12.7 Å². The average molecular weight is 320 g/mol. The number of rotatable bonds is 3. The van der Waals surface area contributed by atoms with Crippen LogP contribution in [0.25, 0.3) is 0 Å². The number of nitro groups is 1. The summed E-state index contributed by atoms with van der Waals surface area (Å²) in [5.41, 5.74) is -1.21. The van der Waals surface area contributed by atoms with E-state index in [1.54, 1.807) is 24.3 Å². The Morgan fingerprint density at radius 3 is 2.33 bits per heavy atom. The zero-order valence-electron chi connectivity index (χ0n) is 10.7. The number of hydrogen-bond donors (Lipinski definition) is 0. The van der Waals surface area contributed by atoms with Crippen molar-refractivity contribution in [1.29, 1.82) is 0 Å². The molecule has 0 radical (unpaired) electrons. The SMILES string of the molecule is Cc1ccc(Cn2nc(C(F)(F)F)c([N+](=O)[O-])c2Cl)cc1. The van der Waals surface area contributed by atoms with Crippen molar-refractivity contribution in [2.24, 2.45) is 0 Å². The predicted octanol–water partition coefficient (Wildman–Crippen LogP) is 3.82. The lowest BCUT2D eigenvalue weighted by molar-refractivity contribution is -0.388. The van der Waals surface area contributed by atoms with Gasteiger partial charge >= 0.3 is 11.9 Å². The van der Waals surface area contributed by atoms with Crippen molar-refractivity contribution in [2.75, 3.05) is 0 Å². The maximum atomic E-state index is 12.8. The topological polar surface area (TPSA) is 61.0 Å². The van der Waals surface area contributed by atoms with Gasteiger partial charge in [0.15, 0.2) is 0 Å². The fraction of sp³-hybridized carbons (Fsp3) is 0.250. The average Bonchev–Trinajstić information content (AvgIpc) is 2.70. The predicted molar refractivity (Wildman–Crippen MR) is 69.2 cm³/mol. The Hall–Kier alpha value is -2.09. The maximum Gasteiger partial charge on any atom is 0.442 e. The lowest BCUT2D eigenvalue weighted by Gasteiger charge is -2.03.